The van der Waals surface area contributed by atoms with Crippen LogP contribution < -0.4 is 5.32 Å². The van der Waals surface area contributed by atoms with Gasteiger partial charge in [0, 0.05) is 0 Å². The van der Waals surface area contributed by atoms with Gasteiger partial charge in [0.1, 0.15) is 0 Å². The predicted molar refractivity (Wildman–Crippen MR) is 87.8 cm³/mol. The minimum absolute atomic E-state index is 0.143. The van der Waals surface area contributed by atoms with Crippen LogP contribution in [0.5, 0.6) is 0 Å². The molecule has 0 aliphatic heterocycles. The van der Waals surface area contributed by atoms with E-state index in [2.05, 4.69) is 43.4 Å². The smallest absolute Gasteiger partial charge is 0.0595 e. The molecule has 0 saturated heterocycles. The normalized spacial score (nSPS) is 12.4. The molecular weight excluding hydrogens is 289 g/mol. The summed E-state index contributed by atoms with van der Waals surface area (Å²) in [5.74, 6) is 0. The van der Waals surface area contributed by atoms with E-state index in [0.29, 0.717) is 10.0 Å². The van der Waals surface area contributed by atoms with Crippen molar-refractivity contribution in [2.24, 2.45) is 0 Å². The highest BCUT2D eigenvalue weighted by Gasteiger charge is 2.14. The van der Waals surface area contributed by atoms with Gasteiger partial charge in [-0.05, 0) is 43.1 Å². The fourth-order valence-corrected chi connectivity index (χ4v) is 2.56. The van der Waals surface area contributed by atoms with Crippen LogP contribution in [0.4, 0.5) is 0 Å². The Balaban J connectivity index is 2.38. The Bertz CT molecular complexity index is 581. The van der Waals surface area contributed by atoms with Gasteiger partial charge < -0.3 is 5.32 Å². The molecule has 0 saturated carbocycles. The Morgan fingerprint density at radius 1 is 1.00 bits per heavy atom. The van der Waals surface area contributed by atoms with Crippen LogP contribution in [0.1, 0.15) is 36.1 Å². The molecule has 0 fully saturated rings. The monoisotopic (exact) mass is 307 g/mol. The zero-order valence-corrected chi connectivity index (χ0v) is 13.3. The van der Waals surface area contributed by atoms with Gasteiger partial charge in [0.25, 0.3) is 0 Å². The van der Waals surface area contributed by atoms with Gasteiger partial charge in [-0.15, -0.1) is 0 Å². The second kappa shape index (κ2) is 7.12. The van der Waals surface area contributed by atoms with Crippen molar-refractivity contribution in [1.82, 2.24) is 5.32 Å². The molecular formula is C17H19Cl2N. The lowest BCUT2D eigenvalue weighted by atomic mass is 9.97. The third-order valence-corrected chi connectivity index (χ3v) is 3.99. The number of hydrogen-bond donors (Lipinski definition) is 1. The summed E-state index contributed by atoms with van der Waals surface area (Å²) in [6, 6.07) is 14.5. The Hall–Kier alpha value is -1.02. The van der Waals surface area contributed by atoms with E-state index in [4.69, 9.17) is 23.2 Å². The van der Waals surface area contributed by atoms with Crippen LogP contribution in [-0.4, -0.2) is 6.54 Å². The highest BCUT2D eigenvalue weighted by atomic mass is 35.5. The summed E-state index contributed by atoms with van der Waals surface area (Å²) < 4.78 is 0. The maximum absolute atomic E-state index is 6.15. The van der Waals surface area contributed by atoms with Crippen molar-refractivity contribution in [3.63, 3.8) is 0 Å². The summed E-state index contributed by atoms with van der Waals surface area (Å²) in [5, 5.41) is 4.76. The molecule has 1 nitrogen and oxygen atoms in total. The first-order valence-corrected chi connectivity index (χ1v) is 7.62. The lowest BCUT2D eigenvalue weighted by Crippen LogP contribution is -2.23. The van der Waals surface area contributed by atoms with Crippen molar-refractivity contribution in [2.75, 3.05) is 6.54 Å². The molecule has 0 aliphatic carbocycles. The maximum Gasteiger partial charge on any atom is 0.0595 e. The van der Waals surface area contributed by atoms with Gasteiger partial charge in [0.15, 0.2) is 0 Å². The quantitative estimate of drug-likeness (QED) is 0.780. The highest BCUT2D eigenvalue weighted by Crippen LogP contribution is 2.29. The summed E-state index contributed by atoms with van der Waals surface area (Å²) in [6.07, 6.45) is 1.09. The van der Waals surface area contributed by atoms with Crippen LogP contribution in [0.25, 0.3) is 0 Å². The first-order valence-electron chi connectivity index (χ1n) is 6.86. The third kappa shape index (κ3) is 3.76. The molecule has 3 heteroatoms. The fourth-order valence-electron chi connectivity index (χ4n) is 2.26. The molecule has 0 aromatic heterocycles. The first-order chi connectivity index (χ1) is 9.61. The Kier molecular flexibility index (Phi) is 5.47. The summed E-state index contributed by atoms with van der Waals surface area (Å²) in [6.45, 7) is 5.23. The molecule has 1 atom stereocenters. The van der Waals surface area contributed by atoms with Gasteiger partial charge in [-0.2, -0.15) is 0 Å². The van der Waals surface area contributed by atoms with Gasteiger partial charge in [0.05, 0.1) is 16.1 Å². The van der Waals surface area contributed by atoms with E-state index < -0.39 is 0 Å². The molecule has 0 radical (unpaired) electrons. The Morgan fingerprint density at radius 2 is 1.75 bits per heavy atom. The second-order valence-electron chi connectivity index (χ2n) is 4.97. The van der Waals surface area contributed by atoms with Gasteiger partial charge in [0.2, 0.25) is 0 Å². The summed E-state index contributed by atoms with van der Waals surface area (Å²) in [7, 11) is 0. The lowest BCUT2D eigenvalue weighted by Gasteiger charge is -2.20. The maximum atomic E-state index is 6.15. The molecule has 2 aromatic carbocycles. The molecule has 0 bridgehead atoms. The topological polar surface area (TPSA) is 12.0 Å². The van der Waals surface area contributed by atoms with Gasteiger partial charge in [-0.3, -0.25) is 0 Å². The van der Waals surface area contributed by atoms with Crippen molar-refractivity contribution >= 4 is 23.2 Å². The van der Waals surface area contributed by atoms with E-state index in [1.165, 1.54) is 11.1 Å². The Labute approximate surface area is 130 Å². The number of benzene rings is 2. The number of hydrogen-bond acceptors (Lipinski definition) is 1. The number of rotatable bonds is 5. The molecule has 2 rings (SSSR count). The van der Waals surface area contributed by atoms with E-state index in [9.17, 15) is 0 Å². The summed E-state index contributed by atoms with van der Waals surface area (Å²) in [5.41, 5.74) is 3.64. The van der Waals surface area contributed by atoms with Crippen LogP contribution in [0.2, 0.25) is 10.0 Å². The van der Waals surface area contributed by atoms with Gasteiger partial charge >= 0.3 is 0 Å². The second-order valence-corrected chi connectivity index (χ2v) is 5.79. The first kappa shape index (κ1) is 15.4. The average Bonchev–Trinajstić information content (AvgIpc) is 2.43. The summed E-state index contributed by atoms with van der Waals surface area (Å²) in [4.78, 5) is 0. The van der Waals surface area contributed by atoms with Crippen molar-refractivity contribution in [1.29, 1.82) is 0 Å². The summed E-state index contributed by atoms with van der Waals surface area (Å²) >= 11 is 12.2. The average molecular weight is 308 g/mol. The van der Waals surface area contributed by atoms with E-state index in [1.54, 1.807) is 0 Å². The molecule has 2 aromatic rings. The molecule has 0 amide bonds. The van der Waals surface area contributed by atoms with Crippen LogP contribution in [0, 0.1) is 6.92 Å². The van der Waals surface area contributed by atoms with Crippen molar-refractivity contribution < 1.29 is 0 Å². The molecule has 1 N–H and O–H groups in total. The van der Waals surface area contributed by atoms with Crippen LogP contribution >= 0.6 is 23.2 Å². The van der Waals surface area contributed by atoms with Crippen molar-refractivity contribution in [3.05, 3.63) is 69.2 Å². The molecule has 0 aliphatic rings. The lowest BCUT2D eigenvalue weighted by molar-refractivity contribution is 0.598. The number of nitrogens with one attached hydrogen (secondary N) is 1. The van der Waals surface area contributed by atoms with Crippen molar-refractivity contribution in [2.45, 2.75) is 26.3 Å². The van der Waals surface area contributed by atoms with Crippen LogP contribution in [-0.2, 0) is 0 Å². The number of halogens is 2. The minimum Gasteiger partial charge on any atom is -0.306 e. The fraction of sp³-hybridized carbons (Fsp3) is 0.294. The third-order valence-electron chi connectivity index (χ3n) is 3.25. The van der Waals surface area contributed by atoms with Gasteiger partial charge in [-0.25, -0.2) is 0 Å². The van der Waals surface area contributed by atoms with Gasteiger partial charge in [-0.1, -0.05) is 66.0 Å². The van der Waals surface area contributed by atoms with Crippen LogP contribution in [0.3, 0.4) is 0 Å². The Morgan fingerprint density at radius 3 is 2.40 bits per heavy atom. The standard InChI is InChI=1S/C17H19Cl2N/c1-3-9-20-17(13-6-4-5-12(2)10-13)14-7-8-15(18)16(19)11-14/h4-8,10-11,17,20H,3,9H2,1-2H3. The number of aryl methyl sites for hydroxylation is 1. The molecule has 0 spiro atoms. The van der Waals surface area contributed by atoms with E-state index >= 15 is 0 Å². The van der Waals surface area contributed by atoms with Crippen LogP contribution in [0.15, 0.2) is 42.5 Å². The SMILES string of the molecule is CCCNC(c1cccc(C)c1)c1ccc(Cl)c(Cl)c1. The predicted octanol–water partition coefficient (Wildman–Crippen LogP) is 5.39. The van der Waals surface area contributed by atoms with Crippen molar-refractivity contribution in [3.8, 4) is 0 Å². The zero-order valence-electron chi connectivity index (χ0n) is 11.8. The minimum atomic E-state index is 0.143. The van der Waals surface area contributed by atoms with E-state index in [-0.39, 0.29) is 6.04 Å². The highest BCUT2D eigenvalue weighted by molar-refractivity contribution is 6.42. The molecule has 106 valence electrons. The molecule has 20 heavy (non-hydrogen) atoms. The van der Waals surface area contributed by atoms with E-state index in [1.807, 2.05) is 18.2 Å². The van der Waals surface area contributed by atoms with E-state index in [0.717, 1.165) is 18.5 Å². The largest absolute Gasteiger partial charge is 0.306 e. The molecule has 1 unspecified atom stereocenters. The molecule has 0 heterocycles. The zero-order chi connectivity index (χ0) is 14.5.